The molecule has 0 saturated carbocycles. The van der Waals surface area contributed by atoms with Crippen molar-refractivity contribution in [3.63, 3.8) is 0 Å². The van der Waals surface area contributed by atoms with Crippen LogP contribution in [0.3, 0.4) is 0 Å². The standard InChI is InChI=1S/C8H9F2NO3/c1-13-5-4(7(9)10)3-11-8(12)6(5)14-2/h3,7H,1-2H3,(H,11,12). The van der Waals surface area contributed by atoms with Crippen molar-refractivity contribution >= 4 is 0 Å². The molecule has 0 spiro atoms. The van der Waals surface area contributed by atoms with Crippen molar-refractivity contribution in [3.8, 4) is 11.5 Å². The van der Waals surface area contributed by atoms with Crippen LogP contribution in [0.25, 0.3) is 0 Å². The maximum Gasteiger partial charge on any atom is 0.294 e. The molecule has 78 valence electrons. The van der Waals surface area contributed by atoms with Gasteiger partial charge in [0, 0.05) is 6.20 Å². The van der Waals surface area contributed by atoms with E-state index in [1.165, 1.54) is 14.2 Å². The van der Waals surface area contributed by atoms with E-state index >= 15 is 0 Å². The lowest BCUT2D eigenvalue weighted by molar-refractivity contribution is 0.145. The van der Waals surface area contributed by atoms with Crippen LogP contribution in [-0.2, 0) is 0 Å². The largest absolute Gasteiger partial charge is 0.492 e. The fourth-order valence-corrected chi connectivity index (χ4v) is 1.07. The number of hydrogen-bond donors (Lipinski definition) is 1. The van der Waals surface area contributed by atoms with Crippen LogP contribution in [0, 0.1) is 0 Å². The molecule has 0 fully saturated rings. The minimum absolute atomic E-state index is 0.230. The van der Waals surface area contributed by atoms with Crippen molar-refractivity contribution in [1.82, 2.24) is 4.98 Å². The van der Waals surface area contributed by atoms with Gasteiger partial charge in [-0.05, 0) is 0 Å². The molecule has 0 aliphatic carbocycles. The first kappa shape index (κ1) is 10.5. The number of nitrogens with one attached hydrogen (secondary N) is 1. The molecule has 1 rings (SSSR count). The maximum atomic E-state index is 12.4. The third-order valence-electron chi connectivity index (χ3n) is 1.68. The fraction of sp³-hybridized carbons (Fsp3) is 0.375. The van der Waals surface area contributed by atoms with Crippen LogP contribution in [-0.4, -0.2) is 19.2 Å². The van der Waals surface area contributed by atoms with E-state index in [1.54, 1.807) is 0 Å². The lowest BCUT2D eigenvalue weighted by Crippen LogP contribution is -2.12. The summed E-state index contributed by atoms with van der Waals surface area (Å²) in [7, 11) is 2.41. The van der Waals surface area contributed by atoms with Crippen molar-refractivity contribution < 1.29 is 18.3 Å². The number of rotatable bonds is 3. The first-order chi connectivity index (χ1) is 6.61. The van der Waals surface area contributed by atoms with Gasteiger partial charge in [-0.1, -0.05) is 0 Å². The van der Waals surface area contributed by atoms with E-state index in [9.17, 15) is 13.6 Å². The van der Waals surface area contributed by atoms with Gasteiger partial charge in [0.25, 0.3) is 12.0 Å². The summed E-state index contributed by atoms with van der Waals surface area (Å²) in [5, 5.41) is 0. The summed E-state index contributed by atoms with van der Waals surface area (Å²) in [5.41, 5.74) is -1.00. The van der Waals surface area contributed by atoms with E-state index in [0.29, 0.717) is 0 Å². The fourth-order valence-electron chi connectivity index (χ4n) is 1.07. The van der Waals surface area contributed by atoms with Crippen LogP contribution in [0.1, 0.15) is 12.0 Å². The summed E-state index contributed by atoms with van der Waals surface area (Å²) < 4.78 is 34.2. The number of alkyl halides is 2. The van der Waals surface area contributed by atoms with E-state index in [2.05, 4.69) is 14.5 Å². The van der Waals surface area contributed by atoms with Gasteiger partial charge in [0.15, 0.2) is 5.75 Å². The quantitative estimate of drug-likeness (QED) is 0.809. The summed E-state index contributed by atoms with van der Waals surface area (Å²) in [4.78, 5) is 13.2. The van der Waals surface area contributed by atoms with Gasteiger partial charge >= 0.3 is 0 Å². The predicted octanol–water partition coefficient (Wildman–Crippen LogP) is 1.33. The predicted molar refractivity (Wildman–Crippen MR) is 45.1 cm³/mol. The van der Waals surface area contributed by atoms with E-state index in [4.69, 9.17) is 0 Å². The molecule has 0 aromatic carbocycles. The van der Waals surface area contributed by atoms with Gasteiger partial charge in [-0.25, -0.2) is 8.78 Å². The van der Waals surface area contributed by atoms with Crippen LogP contribution in [0.15, 0.2) is 11.0 Å². The molecular weight excluding hydrogens is 196 g/mol. The summed E-state index contributed by atoms with van der Waals surface area (Å²) in [6.07, 6.45) is -1.82. The smallest absolute Gasteiger partial charge is 0.294 e. The number of aromatic amines is 1. The zero-order chi connectivity index (χ0) is 10.7. The van der Waals surface area contributed by atoms with Gasteiger partial charge in [0.2, 0.25) is 5.75 Å². The van der Waals surface area contributed by atoms with E-state index in [0.717, 1.165) is 6.20 Å². The lowest BCUT2D eigenvalue weighted by Gasteiger charge is -2.10. The molecule has 0 radical (unpaired) electrons. The van der Waals surface area contributed by atoms with Crippen LogP contribution < -0.4 is 15.0 Å². The van der Waals surface area contributed by atoms with Crippen molar-refractivity contribution in [2.45, 2.75) is 6.43 Å². The highest BCUT2D eigenvalue weighted by atomic mass is 19.3. The molecule has 0 unspecified atom stereocenters. The van der Waals surface area contributed by atoms with Gasteiger partial charge in [0.05, 0.1) is 19.8 Å². The molecule has 0 amide bonds. The molecule has 0 saturated heterocycles. The minimum atomic E-state index is -2.73. The minimum Gasteiger partial charge on any atom is -0.492 e. The third kappa shape index (κ3) is 1.68. The van der Waals surface area contributed by atoms with Crippen molar-refractivity contribution in [3.05, 3.63) is 22.1 Å². The van der Waals surface area contributed by atoms with Gasteiger partial charge in [-0.2, -0.15) is 0 Å². The molecule has 1 aromatic rings. The number of pyridine rings is 1. The van der Waals surface area contributed by atoms with Crippen LogP contribution in [0.5, 0.6) is 11.5 Å². The average molecular weight is 205 g/mol. The molecule has 4 nitrogen and oxygen atoms in total. The van der Waals surface area contributed by atoms with Gasteiger partial charge < -0.3 is 14.5 Å². The Balaban J connectivity index is 3.40. The first-order valence-electron chi connectivity index (χ1n) is 3.73. The highest BCUT2D eigenvalue weighted by Gasteiger charge is 2.20. The van der Waals surface area contributed by atoms with Crippen LogP contribution >= 0.6 is 0 Å². The van der Waals surface area contributed by atoms with E-state index in [-0.39, 0.29) is 11.5 Å². The number of ether oxygens (including phenoxy) is 2. The number of hydrogen-bond acceptors (Lipinski definition) is 3. The first-order valence-corrected chi connectivity index (χ1v) is 3.73. The Hall–Kier alpha value is -1.59. The Bertz CT molecular complexity index is 375. The third-order valence-corrected chi connectivity index (χ3v) is 1.68. The average Bonchev–Trinajstić information content (AvgIpc) is 2.16. The second kappa shape index (κ2) is 4.08. The Morgan fingerprint density at radius 2 is 1.86 bits per heavy atom. The SMILES string of the molecule is COc1c(C(F)F)c[nH]c(=O)c1OC. The number of H-pyrrole nitrogens is 1. The maximum absolute atomic E-state index is 12.4. The van der Waals surface area contributed by atoms with Gasteiger partial charge in [-0.3, -0.25) is 4.79 Å². The molecule has 0 bridgehead atoms. The number of methoxy groups -OCH3 is 2. The molecule has 0 aliphatic rings. The normalized spacial score (nSPS) is 10.4. The number of aromatic nitrogens is 1. The molecule has 6 heteroatoms. The molecule has 14 heavy (non-hydrogen) atoms. The lowest BCUT2D eigenvalue weighted by atomic mass is 10.2. The molecule has 1 heterocycles. The molecule has 1 aromatic heterocycles. The Labute approximate surface area is 78.5 Å². The summed E-state index contributed by atoms with van der Waals surface area (Å²) >= 11 is 0. The Morgan fingerprint density at radius 3 is 2.29 bits per heavy atom. The zero-order valence-corrected chi connectivity index (χ0v) is 7.64. The second-order valence-corrected chi connectivity index (χ2v) is 2.44. The highest BCUT2D eigenvalue weighted by Crippen LogP contribution is 2.33. The molecule has 1 N–H and O–H groups in total. The Morgan fingerprint density at radius 1 is 1.29 bits per heavy atom. The van der Waals surface area contributed by atoms with Crippen molar-refractivity contribution in [2.75, 3.05) is 14.2 Å². The molecule has 0 aliphatic heterocycles. The van der Waals surface area contributed by atoms with E-state index < -0.39 is 17.5 Å². The topological polar surface area (TPSA) is 51.3 Å². The molecular formula is C8H9F2NO3. The highest BCUT2D eigenvalue weighted by molar-refractivity contribution is 5.44. The number of halogens is 2. The van der Waals surface area contributed by atoms with Crippen molar-refractivity contribution in [2.24, 2.45) is 0 Å². The Kier molecular flexibility index (Phi) is 3.06. The second-order valence-electron chi connectivity index (χ2n) is 2.44. The monoisotopic (exact) mass is 205 g/mol. The van der Waals surface area contributed by atoms with Crippen LogP contribution in [0.4, 0.5) is 8.78 Å². The van der Waals surface area contributed by atoms with Gasteiger partial charge in [-0.15, -0.1) is 0 Å². The van der Waals surface area contributed by atoms with Crippen LogP contribution in [0.2, 0.25) is 0 Å². The molecule has 0 atom stereocenters. The van der Waals surface area contributed by atoms with Gasteiger partial charge in [0.1, 0.15) is 0 Å². The summed E-state index contributed by atoms with van der Waals surface area (Å²) in [5.74, 6) is -0.475. The summed E-state index contributed by atoms with van der Waals surface area (Å²) in [6, 6.07) is 0. The summed E-state index contributed by atoms with van der Waals surface area (Å²) in [6.45, 7) is 0. The van der Waals surface area contributed by atoms with E-state index in [1.807, 2.05) is 0 Å². The van der Waals surface area contributed by atoms with Crippen molar-refractivity contribution in [1.29, 1.82) is 0 Å². The zero-order valence-electron chi connectivity index (χ0n) is 7.64.